The van der Waals surface area contributed by atoms with Crippen molar-refractivity contribution in [3.8, 4) is 5.69 Å². The SMILES string of the molecule is OC1CCCc2c1ccn2-c1cncc(Br)c1. The first-order valence-corrected chi connectivity index (χ1v) is 6.54. The summed E-state index contributed by atoms with van der Waals surface area (Å²) >= 11 is 3.43. The molecule has 2 heterocycles. The summed E-state index contributed by atoms with van der Waals surface area (Å²) < 4.78 is 3.09. The van der Waals surface area contributed by atoms with Crippen molar-refractivity contribution in [1.29, 1.82) is 0 Å². The molecule has 0 aliphatic heterocycles. The van der Waals surface area contributed by atoms with Crippen LogP contribution < -0.4 is 0 Å². The Morgan fingerprint density at radius 3 is 3.12 bits per heavy atom. The maximum Gasteiger partial charge on any atom is 0.0807 e. The van der Waals surface area contributed by atoms with Gasteiger partial charge in [0.05, 0.1) is 18.0 Å². The van der Waals surface area contributed by atoms with Gasteiger partial charge in [-0.2, -0.15) is 0 Å². The molecule has 0 radical (unpaired) electrons. The van der Waals surface area contributed by atoms with Crippen molar-refractivity contribution in [2.75, 3.05) is 0 Å². The highest BCUT2D eigenvalue weighted by atomic mass is 79.9. The molecule has 1 N–H and O–H groups in total. The van der Waals surface area contributed by atoms with Crippen molar-refractivity contribution in [3.63, 3.8) is 0 Å². The Morgan fingerprint density at radius 2 is 2.29 bits per heavy atom. The highest BCUT2D eigenvalue weighted by Crippen LogP contribution is 2.32. The Balaban J connectivity index is 2.10. The lowest BCUT2D eigenvalue weighted by Crippen LogP contribution is -2.11. The number of aliphatic hydroxyl groups excluding tert-OH is 1. The van der Waals surface area contributed by atoms with E-state index in [1.54, 1.807) is 6.20 Å². The van der Waals surface area contributed by atoms with Gasteiger partial charge in [0.15, 0.2) is 0 Å². The molecule has 3 nitrogen and oxygen atoms in total. The average Bonchev–Trinajstić information content (AvgIpc) is 2.74. The zero-order valence-corrected chi connectivity index (χ0v) is 10.9. The Bertz CT molecular complexity index is 550. The molecule has 0 aromatic carbocycles. The zero-order chi connectivity index (χ0) is 11.8. The number of rotatable bonds is 1. The number of aliphatic hydroxyl groups is 1. The van der Waals surface area contributed by atoms with Crippen LogP contribution in [0.3, 0.4) is 0 Å². The molecule has 3 rings (SSSR count). The van der Waals surface area contributed by atoms with Gasteiger partial charge >= 0.3 is 0 Å². The van der Waals surface area contributed by atoms with Crippen LogP contribution in [0.15, 0.2) is 35.2 Å². The van der Waals surface area contributed by atoms with Gasteiger partial charge in [-0.15, -0.1) is 0 Å². The standard InChI is InChI=1S/C13H13BrN2O/c14-9-6-10(8-15-7-9)16-5-4-11-12(16)2-1-3-13(11)17/h4-8,13,17H,1-3H2. The summed E-state index contributed by atoms with van der Waals surface area (Å²) in [6.07, 6.45) is 8.25. The molecule has 0 fully saturated rings. The van der Waals surface area contributed by atoms with Crippen LogP contribution in [0, 0.1) is 0 Å². The quantitative estimate of drug-likeness (QED) is 0.877. The first-order valence-electron chi connectivity index (χ1n) is 5.75. The number of pyridine rings is 1. The van der Waals surface area contributed by atoms with Gasteiger partial charge < -0.3 is 9.67 Å². The second-order valence-corrected chi connectivity index (χ2v) is 5.27. The van der Waals surface area contributed by atoms with E-state index >= 15 is 0 Å². The third-order valence-electron chi connectivity index (χ3n) is 3.25. The van der Waals surface area contributed by atoms with Crippen LogP contribution in [0.5, 0.6) is 0 Å². The third-order valence-corrected chi connectivity index (χ3v) is 3.68. The van der Waals surface area contributed by atoms with Crippen LogP contribution in [0.2, 0.25) is 0 Å². The monoisotopic (exact) mass is 292 g/mol. The Morgan fingerprint density at radius 1 is 1.41 bits per heavy atom. The summed E-state index contributed by atoms with van der Waals surface area (Å²) in [7, 11) is 0. The van der Waals surface area contributed by atoms with Gasteiger partial charge in [-0.3, -0.25) is 4.98 Å². The van der Waals surface area contributed by atoms with E-state index in [9.17, 15) is 5.11 Å². The number of hydrogen-bond acceptors (Lipinski definition) is 2. The van der Waals surface area contributed by atoms with Crippen molar-refractivity contribution in [2.24, 2.45) is 0 Å². The average molecular weight is 293 g/mol. The Hall–Kier alpha value is -1.13. The van der Waals surface area contributed by atoms with E-state index in [1.165, 1.54) is 5.69 Å². The maximum absolute atomic E-state index is 9.94. The van der Waals surface area contributed by atoms with Gasteiger partial charge in [0.1, 0.15) is 0 Å². The molecule has 2 aromatic rings. The molecule has 0 saturated carbocycles. The molecule has 1 aliphatic rings. The lowest BCUT2D eigenvalue weighted by molar-refractivity contribution is 0.156. The van der Waals surface area contributed by atoms with Crippen LogP contribution in [0.25, 0.3) is 5.69 Å². The number of aromatic nitrogens is 2. The fraction of sp³-hybridized carbons (Fsp3) is 0.308. The predicted octanol–water partition coefficient (Wildman–Crippen LogP) is 3.00. The predicted molar refractivity (Wildman–Crippen MR) is 69.2 cm³/mol. The molecule has 4 heteroatoms. The van der Waals surface area contributed by atoms with Crippen LogP contribution in [0.1, 0.15) is 30.2 Å². The maximum atomic E-state index is 9.94. The van der Waals surface area contributed by atoms with Gasteiger partial charge in [-0.05, 0) is 47.3 Å². The Labute approximate surface area is 108 Å². The fourth-order valence-corrected chi connectivity index (χ4v) is 2.79. The topological polar surface area (TPSA) is 38.0 Å². The normalized spacial score (nSPS) is 19.1. The number of hydrogen-bond donors (Lipinski definition) is 1. The minimum Gasteiger partial charge on any atom is -0.388 e. The molecule has 88 valence electrons. The van der Waals surface area contributed by atoms with Gasteiger partial charge in [0.2, 0.25) is 0 Å². The molecule has 0 spiro atoms. The first kappa shape index (κ1) is 11.0. The smallest absolute Gasteiger partial charge is 0.0807 e. The van der Waals surface area contributed by atoms with Crippen molar-refractivity contribution in [2.45, 2.75) is 25.4 Å². The summed E-state index contributed by atoms with van der Waals surface area (Å²) in [4.78, 5) is 4.18. The third kappa shape index (κ3) is 1.91. The van der Waals surface area contributed by atoms with E-state index in [2.05, 4.69) is 25.5 Å². The van der Waals surface area contributed by atoms with Crippen LogP contribution in [0.4, 0.5) is 0 Å². The molecular formula is C13H13BrN2O. The lowest BCUT2D eigenvalue weighted by Gasteiger charge is -2.20. The number of fused-ring (bicyclic) bond motifs is 1. The van der Waals surface area contributed by atoms with Gasteiger partial charge in [0, 0.05) is 28.1 Å². The van der Waals surface area contributed by atoms with Crippen LogP contribution in [-0.4, -0.2) is 14.7 Å². The number of halogens is 1. The number of nitrogens with zero attached hydrogens (tertiary/aromatic N) is 2. The summed E-state index contributed by atoms with van der Waals surface area (Å²) in [6, 6.07) is 4.05. The van der Waals surface area contributed by atoms with Crippen molar-refractivity contribution < 1.29 is 5.11 Å². The second-order valence-electron chi connectivity index (χ2n) is 4.36. The Kier molecular flexibility index (Phi) is 2.76. The molecule has 1 aliphatic carbocycles. The molecule has 0 saturated heterocycles. The van der Waals surface area contributed by atoms with E-state index < -0.39 is 0 Å². The highest BCUT2D eigenvalue weighted by molar-refractivity contribution is 9.10. The van der Waals surface area contributed by atoms with Crippen LogP contribution in [-0.2, 0) is 6.42 Å². The molecule has 17 heavy (non-hydrogen) atoms. The molecule has 0 bridgehead atoms. The largest absolute Gasteiger partial charge is 0.388 e. The molecule has 2 aromatic heterocycles. The van der Waals surface area contributed by atoms with E-state index in [4.69, 9.17) is 0 Å². The zero-order valence-electron chi connectivity index (χ0n) is 9.31. The van der Waals surface area contributed by atoms with Crippen LogP contribution >= 0.6 is 15.9 Å². The summed E-state index contributed by atoms with van der Waals surface area (Å²) in [5.74, 6) is 0. The molecule has 1 unspecified atom stereocenters. The summed E-state index contributed by atoms with van der Waals surface area (Å²) in [6.45, 7) is 0. The molecule has 0 amide bonds. The summed E-state index contributed by atoms with van der Waals surface area (Å²) in [5, 5.41) is 9.94. The fourth-order valence-electron chi connectivity index (χ4n) is 2.44. The molecular weight excluding hydrogens is 280 g/mol. The van der Waals surface area contributed by atoms with Gasteiger partial charge in [0.25, 0.3) is 0 Å². The second kappa shape index (κ2) is 4.27. The van der Waals surface area contributed by atoms with E-state index in [0.29, 0.717) is 0 Å². The van der Waals surface area contributed by atoms with Crippen molar-refractivity contribution >= 4 is 15.9 Å². The minimum absolute atomic E-state index is 0.305. The first-order chi connectivity index (χ1) is 8.25. The van der Waals surface area contributed by atoms with E-state index in [0.717, 1.165) is 35.0 Å². The summed E-state index contributed by atoms with van der Waals surface area (Å²) in [5.41, 5.74) is 3.31. The van der Waals surface area contributed by atoms with E-state index in [-0.39, 0.29) is 6.10 Å². The van der Waals surface area contributed by atoms with Gasteiger partial charge in [-0.1, -0.05) is 0 Å². The molecule has 1 atom stereocenters. The highest BCUT2D eigenvalue weighted by Gasteiger charge is 2.21. The van der Waals surface area contributed by atoms with E-state index in [1.807, 2.05) is 24.5 Å². The van der Waals surface area contributed by atoms with Crippen molar-refractivity contribution in [1.82, 2.24) is 9.55 Å². The lowest BCUT2D eigenvalue weighted by atomic mass is 9.95. The van der Waals surface area contributed by atoms with Gasteiger partial charge in [-0.25, -0.2) is 0 Å². The minimum atomic E-state index is -0.305. The van der Waals surface area contributed by atoms with Crippen molar-refractivity contribution in [3.05, 3.63) is 46.5 Å².